The van der Waals surface area contributed by atoms with Crippen LogP contribution >= 0.6 is 0 Å². The number of esters is 1. The molecule has 3 aliphatic rings. The maximum Gasteiger partial charge on any atom is 0.312 e. The lowest BCUT2D eigenvalue weighted by Gasteiger charge is -2.27. The summed E-state index contributed by atoms with van der Waals surface area (Å²) in [5, 5.41) is 0. The Balaban J connectivity index is 1.58. The van der Waals surface area contributed by atoms with Gasteiger partial charge >= 0.3 is 5.97 Å². The summed E-state index contributed by atoms with van der Waals surface area (Å²) in [4.78, 5) is 27.7. The third-order valence-electron chi connectivity index (χ3n) is 5.71. The van der Waals surface area contributed by atoms with Crippen molar-refractivity contribution in [3.63, 3.8) is 0 Å². The quantitative estimate of drug-likeness (QED) is 0.602. The summed E-state index contributed by atoms with van der Waals surface area (Å²) in [6.45, 7) is 6.86. The maximum absolute atomic E-state index is 13.2. The van der Waals surface area contributed by atoms with Gasteiger partial charge in [0.2, 0.25) is 5.91 Å². The predicted octanol–water partition coefficient (Wildman–Crippen LogP) is 2.73. The molecule has 2 bridgehead atoms. The summed E-state index contributed by atoms with van der Waals surface area (Å²) >= 11 is 0. The van der Waals surface area contributed by atoms with Gasteiger partial charge < -0.3 is 14.4 Å². The third kappa shape index (κ3) is 2.57. The fourth-order valence-corrected chi connectivity index (χ4v) is 4.38. The number of nitrogens with zero attached hydrogens (tertiary/aromatic N) is 1. The lowest BCUT2D eigenvalue weighted by atomic mass is 9.77. The van der Waals surface area contributed by atoms with Crippen LogP contribution in [0.15, 0.2) is 42.5 Å². The van der Waals surface area contributed by atoms with Crippen molar-refractivity contribution in [2.75, 3.05) is 13.2 Å². The summed E-state index contributed by atoms with van der Waals surface area (Å²) in [6.07, 6.45) is 3.55. The SMILES string of the molecule is CC(C)COC(=O)[C@H]1[C@H]2C(=O)N([C@H](C)c3ccccc3)C[C@]23C=C[C@H]1O3. The van der Waals surface area contributed by atoms with Crippen LogP contribution in [0.1, 0.15) is 32.4 Å². The largest absolute Gasteiger partial charge is 0.465 e. The first-order valence-corrected chi connectivity index (χ1v) is 9.32. The topological polar surface area (TPSA) is 55.8 Å². The van der Waals surface area contributed by atoms with Crippen molar-refractivity contribution >= 4 is 11.9 Å². The molecule has 4 rings (SSSR count). The number of carbonyl (C=O) groups excluding carboxylic acids is 2. The molecule has 2 saturated heterocycles. The first-order valence-electron chi connectivity index (χ1n) is 9.32. The Morgan fingerprint density at radius 1 is 1.31 bits per heavy atom. The number of likely N-dealkylation sites (tertiary alicyclic amines) is 1. The second kappa shape index (κ2) is 6.23. The standard InChI is InChI=1S/C21H25NO4/c1-13(2)11-25-20(24)17-16-9-10-21(26-16)12-22(19(23)18(17)21)14(3)15-7-5-4-6-8-15/h4-10,13-14,16-18H,11-12H2,1-3H3/t14-,16-,17-,18+,21-/m1/s1. The first-order chi connectivity index (χ1) is 12.4. The average molecular weight is 355 g/mol. The lowest BCUT2D eigenvalue weighted by Crippen LogP contribution is -2.40. The molecule has 1 spiro atoms. The third-order valence-corrected chi connectivity index (χ3v) is 5.71. The Morgan fingerprint density at radius 3 is 2.73 bits per heavy atom. The van der Waals surface area contributed by atoms with Crippen molar-refractivity contribution in [1.29, 1.82) is 0 Å². The van der Waals surface area contributed by atoms with Crippen LogP contribution in [0, 0.1) is 17.8 Å². The summed E-state index contributed by atoms with van der Waals surface area (Å²) in [7, 11) is 0. The molecule has 1 aromatic carbocycles. The molecule has 2 fully saturated rings. The molecular weight excluding hydrogens is 330 g/mol. The van der Waals surface area contributed by atoms with Gasteiger partial charge in [-0.3, -0.25) is 9.59 Å². The van der Waals surface area contributed by atoms with Crippen LogP contribution < -0.4 is 0 Å². The lowest BCUT2D eigenvalue weighted by molar-refractivity contribution is -0.155. The number of amides is 1. The van der Waals surface area contributed by atoms with E-state index in [2.05, 4.69) is 0 Å². The zero-order chi connectivity index (χ0) is 18.5. The number of fused-ring (bicyclic) bond motifs is 1. The summed E-state index contributed by atoms with van der Waals surface area (Å²) in [6, 6.07) is 9.88. The van der Waals surface area contributed by atoms with Crippen LogP contribution in [0.4, 0.5) is 0 Å². The van der Waals surface area contributed by atoms with Gasteiger partial charge in [0, 0.05) is 0 Å². The van der Waals surface area contributed by atoms with Gasteiger partial charge in [0.15, 0.2) is 0 Å². The van der Waals surface area contributed by atoms with Gasteiger partial charge in [0.05, 0.1) is 31.2 Å². The van der Waals surface area contributed by atoms with E-state index in [1.165, 1.54) is 0 Å². The molecule has 0 radical (unpaired) electrons. The van der Waals surface area contributed by atoms with Crippen LogP contribution in [0.25, 0.3) is 0 Å². The fraction of sp³-hybridized carbons (Fsp3) is 0.524. The minimum absolute atomic E-state index is 0.0142. The van der Waals surface area contributed by atoms with Crippen LogP contribution in [0.3, 0.4) is 0 Å². The van der Waals surface area contributed by atoms with Crippen molar-refractivity contribution in [3.05, 3.63) is 48.0 Å². The van der Waals surface area contributed by atoms with E-state index < -0.39 is 17.4 Å². The molecule has 0 unspecified atom stereocenters. The summed E-state index contributed by atoms with van der Waals surface area (Å²) < 4.78 is 11.6. The van der Waals surface area contributed by atoms with Crippen molar-refractivity contribution in [3.8, 4) is 0 Å². The highest BCUT2D eigenvalue weighted by atomic mass is 16.6. The second-order valence-electron chi connectivity index (χ2n) is 7.98. The monoisotopic (exact) mass is 355 g/mol. The van der Waals surface area contributed by atoms with Crippen LogP contribution in [-0.4, -0.2) is 41.6 Å². The highest BCUT2D eigenvalue weighted by molar-refractivity contribution is 5.91. The van der Waals surface area contributed by atoms with Gasteiger partial charge in [0.1, 0.15) is 11.5 Å². The molecule has 3 aliphatic heterocycles. The van der Waals surface area contributed by atoms with Gasteiger partial charge in [-0.05, 0) is 18.4 Å². The molecule has 5 atom stereocenters. The number of hydrogen-bond donors (Lipinski definition) is 0. The molecular formula is C21H25NO4. The van der Waals surface area contributed by atoms with E-state index in [1.807, 2.05) is 68.2 Å². The molecule has 0 saturated carbocycles. The van der Waals surface area contributed by atoms with Crippen molar-refractivity contribution < 1.29 is 19.1 Å². The molecule has 3 heterocycles. The molecule has 1 amide bonds. The minimum Gasteiger partial charge on any atom is -0.465 e. The highest BCUT2D eigenvalue weighted by Crippen LogP contribution is 2.53. The molecule has 0 aliphatic carbocycles. The van der Waals surface area contributed by atoms with Crippen molar-refractivity contribution in [2.45, 2.75) is 38.5 Å². The molecule has 5 nitrogen and oxygen atoms in total. The zero-order valence-corrected chi connectivity index (χ0v) is 15.4. The first kappa shape index (κ1) is 17.3. The van der Waals surface area contributed by atoms with Crippen molar-refractivity contribution in [2.24, 2.45) is 17.8 Å². The van der Waals surface area contributed by atoms with Crippen LogP contribution in [-0.2, 0) is 19.1 Å². The number of benzene rings is 1. The Labute approximate surface area is 154 Å². The summed E-state index contributed by atoms with van der Waals surface area (Å²) in [5.41, 5.74) is 0.390. The Kier molecular flexibility index (Phi) is 4.14. The van der Waals surface area contributed by atoms with Crippen LogP contribution in [0.5, 0.6) is 0 Å². The van der Waals surface area contributed by atoms with Gasteiger partial charge in [-0.1, -0.05) is 56.3 Å². The molecule has 0 aromatic heterocycles. The Bertz CT molecular complexity index is 744. The summed E-state index contributed by atoms with van der Waals surface area (Å²) in [5.74, 6) is -1.10. The molecule has 5 heteroatoms. The minimum atomic E-state index is -0.688. The smallest absolute Gasteiger partial charge is 0.312 e. The molecule has 0 N–H and O–H groups in total. The predicted molar refractivity (Wildman–Crippen MR) is 96.1 cm³/mol. The highest BCUT2D eigenvalue weighted by Gasteiger charge is 2.67. The van der Waals surface area contributed by atoms with Crippen molar-refractivity contribution in [1.82, 2.24) is 4.90 Å². The molecule has 1 aromatic rings. The van der Waals surface area contributed by atoms with Crippen LogP contribution in [0.2, 0.25) is 0 Å². The number of rotatable bonds is 5. The average Bonchev–Trinajstić information content (AvgIpc) is 3.28. The van der Waals surface area contributed by atoms with Gasteiger partial charge in [-0.2, -0.15) is 0 Å². The number of ether oxygens (including phenoxy) is 2. The molecule has 26 heavy (non-hydrogen) atoms. The second-order valence-corrected chi connectivity index (χ2v) is 7.98. The normalized spacial score (nSPS) is 33.0. The van der Waals surface area contributed by atoms with Gasteiger partial charge in [-0.15, -0.1) is 0 Å². The van der Waals surface area contributed by atoms with E-state index in [4.69, 9.17) is 9.47 Å². The molecule has 138 valence electrons. The maximum atomic E-state index is 13.2. The fourth-order valence-electron chi connectivity index (χ4n) is 4.38. The number of hydrogen-bond acceptors (Lipinski definition) is 4. The van der Waals surface area contributed by atoms with E-state index in [0.717, 1.165) is 5.56 Å². The Hall–Kier alpha value is -2.14. The van der Waals surface area contributed by atoms with Gasteiger partial charge in [0.25, 0.3) is 0 Å². The zero-order valence-electron chi connectivity index (χ0n) is 15.4. The number of carbonyl (C=O) groups is 2. The van der Waals surface area contributed by atoms with E-state index in [0.29, 0.717) is 13.2 Å². The van der Waals surface area contributed by atoms with E-state index in [9.17, 15) is 9.59 Å². The Morgan fingerprint density at radius 2 is 2.04 bits per heavy atom. The van der Waals surface area contributed by atoms with E-state index in [-0.39, 0.29) is 29.9 Å². The van der Waals surface area contributed by atoms with E-state index in [1.54, 1.807) is 0 Å². The van der Waals surface area contributed by atoms with E-state index >= 15 is 0 Å². The van der Waals surface area contributed by atoms with Gasteiger partial charge in [-0.25, -0.2) is 0 Å².